The smallest absolute Gasteiger partial charge is 0.238 e. The van der Waals surface area contributed by atoms with Gasteiger partial charge < -0.3 is 10.1 Å². The third-order valence-corrected chi connectivity index (χ3v) is 3.97. The predicted molar refractivity (Wildman–Crippen MR) is 85.4 cm³/mol. The van der Waals surface area contributed by atoms with Crippen LogP contribution in [0, 0.1) is 0 Å². The van der Waals surface area contributed by atoms with Crippen molar-refractivity contribution in [3.63, 3.8) is 0 Å². The molecule has 1 amide bonds. The molecule has 2 aromatic rings. The molecule has 20 heavy (non-hydrogen) atoms. The largest absolute Gasteiger partial charge is 0.497 e. The molecule has 4 heteroatoms. The highest BCUT2D eigenvalue weighted by atomic mass is 79.9. The summed E-state index contributed by atoms with van der Waals surface area (Å²) < 4.78 is 5.21. The summed E-state index contributed by atoms with van der Waals surface area (Å²) in [5.74, 6) is 0.811. The fourth-order valence-corrected chi connectivity index (χ4v) is 2.45. The van der Waals surface area contributed by atoms with Crippen LogP contribution < -0.4 is 10.1 Å². The van der Waals surface area contributed by atoms with Crippen LogP contribution >= 0.6 is 15.9 Å². The monoisotopic (exact) mass is 335 g/mol. The average Bonchev–Trinajstić information content (AvgIpc) is 2.44. The number of benzene rings is 2. The van der Waals surface area contributed by atoms with Gasteiger partial charge in [0.2, 0.25) is 5.91 Å². The van der Waals surface area contributed by atoms with Crippen LogP contribution in [0.2, 0.25) is 0 Å². The molecule has 1 atom stereocenters. The Balaban J connectivity index is 2.29. The summed E-state index contributed by atoms with van der Waals surface area (Å²) in [7, 11) is 1.65. The maximum absolute atomic E-state index is 12.0. The van der Waals surface area contributed by atoms with Crippen LogP contribution in [0.3, 0.4) is 0 Å². The second-order valence-electron chi connectivity index (χ2n) is 5.00. The lowest BCUT2D eigenvalue weighted by Gasteiger charge is -2.14. The van der Waals surface area contributed by atoms with Gasteiger partial charge in [0.25, 0.3) is 0 Å². The van der Waals surface area contributed by atoms with Crippen LogP contribution in [0.15, 0.2) is 36.4 Å². The van der Waals surface area contributed by atoms with E-state index in [0.29, 0.717) is 0 Å². The molecule has 0 radical (unpaired) electrons. The fraction of sp³-hybridized carbons (Fsp3) is 0.312. The molecule has 0 spiro atoms. The van der Waals surface area contributed by atoms with Crippen LogP contribution in [-0.2, 0) is 4.79 Å². The number of carbonyl (C=O) groups is 1. The zero-order valence-electron chi connectivity index (χ0n) is 11.8. The first-order valence-electron chi connectivity index (χ1n) is 6.53. The van der Waals surface area contributed by atoms with Gasteiger partial charge in [0.05, 0.1) is 7.11 Å². The molecule has 0 aliphatic carbocycles. The van der Waals surface area contributed by atoms with Gasteiger partial charge in [-0.05, 0) is 48.4 Å². The standard InChI is InChI=1S/C16H18BrNO2/c1-10(2)18-16(19)15(17)13-5-4-12-9-14(20-3)7-6-11(12)8-13/h4-10,15H,1-3H3,(H,18,19). The van der Waals surface area contributed by atoms with Gasteiger partial charge in [0.15, 0.2) is 0 Å². The highest BCUT2D eigenvalue weighted by Gasteiger charge is 2.17. The lowest BCUT2D eigenvalue weighted by molar-refractivity contribution is -0.121. The molecule has 3 nitrogen and oxygen atoms in total. The first-order valence-corrected chi connectivity index (χ1v) is 7.45. The fourth-order valence-electron chi connectivity index (χ4n) is 2.04. The van der Waals surface area contributed by atoms with Gasteiger partial charge in [-0.2, -0.15) is 0 Å². The molecule has 1 N–H and O–H groups in total. The van der Waals surface area contributed by atoms with Crippen LogP contribution in [0.5, 0.6) is 5.75 Å². The molecule has 2 aromatic carbocycles. The molecule has 2 rings (SSSR count). The van der Waals surface area contributed by atoms with Gasteiger partial charge in [-0.1, -0.05) is 34.1 Å². The number of amides is 1. The Labute approximate surface area is 127 Å². The third-order valence-electron chi connectivity index (χ3n) is 3.03. The average molecular weight is 336 g/mol. The van der Waals surface area contributed by atoms with Gasteiger partial charge in [0, 0.05) is 6.04 Å². The molecule has 1 unspecified atom stereocenters. The van der Waals surface area contributed by atoms with E-state index in [1.165, 1.54) is 0 Å². The Hall–Kier alpha value is -1.55. The van der Waals surface area contributed by atoms with Gasteiger partial charge in [-0.15, -0.1) is 0 Å². The Morgan fingerprint density at radius 2 is 1.80 bits per heavy atom. The summed E-state index contributed by atoms with van der Waals surface area (Å²) in [6.45, 7) is 3.90. The van der Waals surface area contributed by atoms with Crippen molar-refractivity contribution < 1.29 is 9.53 Å². The van der Waals surface area contributed by atoms with Crippen molar-refractivity contribution in [2.45, 2.75) is 24.7 Å². The maximum Gasteiger partial charge on any atom is 0.238 e. The van der Waals surface area contributed by atoms with Crippen molar-refractivity contribution >= 4 is 32.6 Å². The summed E-state index contributed by atoms with van der Waals surface area (Å²) in [6.07, 6.45) is 0. The Morgan fingerprint density at radius 3 is 2.45 bits per heavy atom. The predicted octanol–water partition coefficient (Wildman–Crippen LogP) is 3.81. The zero-order valence-corrected chi connectivity index (χ0v) is 13.4. The quantitative estimate of drug-likeness (QED) is 0.863. The van der Waals surface area contributed by atoms with Crippen molar-refractivity contribution in [2.24, 2.45) is 0 Å². The molecule has 106 valence electrons. The van der Waals surface area contributed by atoms with Crippen molar-refractivity contribution in [1.29, 1.82) is 0 Å². The number of halogens is 1. The second-order valence-corrected chi connectivity index (χ2v) is 5.91. The number of nitrogens with one attached hydrogen (secondary N) is 1. The molecule has 0 aliphatic heterocycles. The number of methoxy groups -OCH3 is 1. The molecule has 0 aromatic heterocycles. The first-order chi connectivity index (χ1) is 9.51. The third kappa shape index (κ3) is 3.31. The first kappa shape index (κ1) is 14.9. The topological polar surface area (TPSA) is 38.3 Å². The summed E-state index contributed by atoms with van der Waals surface area (Å²) >= 11 is 3.46. The van der Waals surface area contributed by atoms with Crippen molar-refractivity contribution in [3.05, 3.63) is 42.0 Å². The van der Waals surface area contributed by atoms with E-state index in [-0.39, 0.29) is 16.8 Å². The van der Waals surface area contributed by atoms with Crippen molar-refractivity contribution in [2.75, 3.05) is 7.11 Å². The number of alkyl halides is 1. The number of fused-ring (bicyclic) bond motifs is 1. The van der Waals surface area contributed by atoms with Crippen molar-refractivity contribution in [3.8, 4) is 5.75 Å². The summed E-state index contributed by atoms with van der Waals surface area (Å²) in [4.78, 5) is 11.7. The number of rotatable bonds is 4. The van der Waals surface area contributed by atoms with Crippen LogP contribution in [0.1, 0.15) is 24.2 Å². The van der Waals surface area contributed by atoms with Gasteiger partial charge in [-0.3, -0.25) is 4.79 Å². The molecule has 0 saturated heterocycles. The van der Waals surface area contributed by atoms with E-state index in [9.17, 15) is 4.79 Å². The normalized spacial score (nSPS) is 12.4. The number of hydrogen-bond donors (Lipinski definition) is 1. The minimum atomic E-state index is -0.337. The van der Waals surface area contributed by atoms with E-state index < -0.39 is 0 Å². The molecule has 0 fully saturated rings. The number of ether oxygens (including phenoxy) is 1. The molecular weight excluding hydrogens is 318 g/mol. The highest BCUT2D eigenvalue weighted by molar-refractivity contribution is 9.09. The molecule has 0 saturated carbocycles. The highest BCUT2D eigenvalue weighted by Crippen LogP contribution is 2.28. The Bertz CT molecular complexity index is 625. The second kappa shape index (κ2) is 6.27. The van der Waals surface area contributed by atoms with E-state index in [2.05, 4.69) is 21.2 Å². The minimum Gasteiger partial charge on any atom is -0.497 e. The maximum atomic E-state index is 12.0. The van der Waals surface area contributed by atoms with E-state index >= 15 is 0 Å². The van der Waals surface area contributed by atoms with E-state index in [1.54, 1.807) is 7.11 Å². The van der Waals surface area contributed by atoms with Crippen LogP contribution in [0.4, 0.5) is 0 Å². The summed E-state index contributed by atoms with van der Waals surface area (Å²) in [5, 5.41) is 5.08. The Kier molecular flexibility index (Phi) is 4.65. The number of carbonyl (C=O) groups excluding carboxylic acids is 1. The van der Waals surface area contributed by atoms with E-state index in [1.807, 2.05) is 50.2 Å². The molecule has 0 heterocycles. The Morgan fingerprint density at radius 1 is 1.15 bits per heavy atom. The zero-order chi connectivity index (χ0) is 14.7. The number of hydrogen-bond acceptors (Lipinski definition) is 2. The minimum absolute atomic E-state index is 0.0205. The molecule has 0 aliphatic rings. The van der Waals surface area contributed by atoms with Gasteiger partial charge >= 0.3 is 0 Å². The summed E-state index contributed by atoms with van der Waals surface area (Å²) in [6, 6.07) is 12.0. The molecule has 0 bridgehead atoms. The van der Waals surface area contributed by atoms with Crippen LogP contribution in [-0.4, -0.2) is 19.1 Å². The molecular formula is C16H18BrNO2. The van der Waals surface area contributed by atoms with Crippen LogP contribution in [0.25, 0.3) is 10.8 Å². The van der Waals surface area contributed by atoms with Gasteiger partial charge in [-0.25, -0.2) is 0 Å². The summed E-state index contributed by atoms with van der Waals surface area (Å²) in [5.41, 5.74) is 0.945. The SMILES string of the molecule is COc1ccc2cc(C(Br)C(=O)NC(C)C)ccc2c1. The lowest BCUT2D eigenvalue weighted by atomic mass is 10.0. The van der Waals surface area contributed by atoms with Gasteiger partial charge in [0.1, 0.15) is 10.6 Å². The van der Waals surface area contributed by atoms with E-state index in [4.69, 9.17) is 4.74 Å². The van der Waals surface area contributed by atoms with E-state index in [0.717, 1.165) is 22.1 Å². The van der Waals surface area contributed by atoms with Crippen molar-refractivity contribution in [1.82, 2.24) is 5.32 Å². The lowest BCUT2D eigenvalue weighted by Crippen LogP contribution is -2.32.